The molecule has 1 saturated carbocycles. The van der Waals surface area contributed by atoms with Crippen LogP contribution in [0.25, 0.3) is 0 Å². The molecular weight excluding hydrogens is 266 g/mol. The van der Waals surface area contributed by atoms with Crippen LogP contribution in [0.4, 0.5) is 0 Å². The second kappa shape index (κ2) is 5.32. The van der Waals surface area contributed by atoms with E-state index in [1.54, 1.807) is 0 Å². The van der Waals surface area contributed by atoms with Crippen LogP contribution in [0, 0.1) is 11.8 Å². The standard InChI is InChI=1S/C13H19NO4S/c15-12(10-2-1-9-3-7(10)5-18-9)14-8-4-11(13(16)17)19-6-8/h7-11H,1-6H2,(H,14,15)(H,16,17)/t7-,8+,9+,10-,11+/m1/s1. The molecule has 0 spiro atoms. The number of carbonyl (C=O) groups is 2. The summed E-state index contributed by atoms with van der Waals surface area (Å²) >= 11 is 1.42. The van der Waals surface area contributed by atoms with E-state index in [9.17, 15) is 9.59 Å². The minimum Gasteiger partial charge on any atom is -0.480 e. The number of ether oxygens (including phenoxy) is 1. The van der Waals surface area contributed by atoms with Gasteiger partial charge >= 0.3 is 5.97 Å². The van der Waals surface area contributed by atoms with Gasteiger partial charge in [-0.3, -0.25) is 9.59 Å². The first-order valence-electron chi connectivity index (χ1n) is 6.90. The molecule has 5 atom stereocenters. The zero-order chi connectivity index (χ0) is 13.4. The van der Waals surface area contributed by atoms with E-state index >= 15 is 0 Å². The summed E-state index contributed by atoms with van der Waals surface area (Å²) in [6.45, 7) is 0.708. The third-order valence-corrected chi connectivity index (χ3v) is 5.83. The fourth-order valence-corrected chi connectivity index (χ4v) is 4.56. The van der Waals surface area contributed by atoms with E-state index in [1.807, 2.05) is 0 Å². The SMILES string of the molecule is O=C(O)[C@@H]1C[C@H](NC(=O)[C@@H]2CC[C@H]3C[C@@H]2CO3)CS1. The van der Waals surface area contributed by atoms with E-state index in [0.29, 0.717) is 30.8 Å². The highest BCUT2D eigenvalue weighted by Gasteiger charge is 2.41. The second-order valence-electron chi connectivity index (χ2n) is 5.74. The highest BCUT2D eigenvalue weighted by molar-refractivity contribution is 8.00. The molecule has 0 radical (unpaired) electrons. The molecule has 2 aliphatic heterocycles. The summed E-state index contributed by atoms with van der Waals surface area (Å²) in [7, 11) is 0. The van der Waals surface area contributed by atoms with E-state index in [4.69, 9.17) is 9.84 Å². The van der Waals surface area contributed by atoms with Gasteiger partial charge in [-0.1, -0.05) is 0 Å². The zero-order valence-corrected chi connectivity index (χ0v) is 11.5. The molecule has 2 saturated heterocycles. The molecule has 3 aliphatic rings. The van der Waals surface area contributed by atoms with Crippen molar-refractivity contribution in [2.45, 2.75) is 43.1 Å². The summed E-state index contributed by atoms with van der Waals surface area (Å²) in [4.78, 5) is 23.2. The first kappa shape index (κ1) is 13.2. The van der Waals surface area contributed by atoms with E-state index in [-0.39, 0.29) is 23.1 Å². The molecule has 106 valence electrons. The Morgan fingerprint density at radius 1 is 1.26 bits per heavy atom. The van der Waals surface area contributed by atoms with Gasteiger partial charge < -0.3 is 15.2 Å². The summed E-state index contributed by atoms with van der Waals surface area (Å²) in [5.41, 5.74) is 0. The van der Waals surface area contributed by atoms with Crippen LogP contribution in [-0.2, 0) is 14.3 Å². The molecule has 3 fully saturated rings. The summed E-state index contributed by atoms with van der Waals surface area (Å²) in [6, 6.07) is 0.0126. The minimum absolute atomic E-state index is 0.0126. The summed E-state index contributed by atoms with van der Waals surface area (Å²) in [6.07, 6.45) is 3.81. The van der Waals surface area contributed by atoms with E-state index in [2.05, 4.69) is 5.32 Å². The van der Waals surface area contributed by atoms with Crippen LogP contribution in [0.1, 0.15) is 25.7 Å². The number of carbonyl (C=O) groups excluding carboxylic acids is 1. The molecule has 3 rings (SSSR count). The molecule has 6 heteroatoms. The van der Waals surface area contributed by atoms with Crippen LogP contribution in [0.5, 0.6) is 0 Å². The number of hydrogen-bond donors (Lipinski definition) is 2. The van der Waals surface area contributed by atoms with Gasteiger partial charge in [-0.05, 0) is 31.6 Å². The molecule has 0 unspecified atom stereocenters. The lowest BCUT2D eigenvalue weighted by Crippen LogP contribution is -2.43. The highest BCUT2D eigenvalue weighted by atomic mass is 32.2. The molecule has 0 aromatic rings. The summed E-state index contributed by atoms with van der Waals surface area (Å²) in [5.74, 6) is 0.465. The Morgan fingerprint density at radius 3 is 2.84 bits per heavy atom. The van der Waals surface area contributed by atoms with Crippen molar-refractivity contribution in [1.82, 2.24) is 5.32 Å². The van der Waals surface area contributed by atoms with Crippen LogP contribution < -0.4 is 5.32 Å². The van der Waals surface area contributed by atoms with E-state index < -0.39 is 5.97 Å². The first-order valence-corrected chi connectivity index (χ1v) is 7.94. The highest BCUT2D eigenvalue weighted by Crippen LogP contribution is 2.38. The Balaban J connectivity index is 1.53. The van der Waals surface area contributed by atoms with Gasteiger partial charge in [0.2, 0.25) is 5.91 Å². The number of rotatable bonds is 3. The van der Waals surface area contributed by atoms with Gasteiger partial charge in [0.1, 0.15) is 5.25 Å². The largest absolute Gasteiger partial charge is 0.480 e. The minimum atomic E-state index is -0.772. The summed E-state index contributed by atoms with van der Waals surface area (Å²) < 4.78 is 5.61. The molecular formula is C13H19NO4S. The molecule has 19 heavy (non-hydrogen) atoms. The smallest absolute Gasteiger partial charge is 0.316 e. The normalized spacial score (nSPS) is 41.2. The van der Waals surface area contributed by atoms with Crippen molar-refractivity contribution in [3.05, 3.63) is 0 Å². The van der Waals surface area contributed by atoms with Crippen molar-refractivity contribution < 1.29 is 19.4 Å². The number of carboxylic acid groups (broad SMARTS) is 1. The quantitative estimate of drug-likeness (QED) is 0.805. The van der Waals surface area contributed by atoms with Crippen LogP contribution >= 0.6 is 11.8 Å². The number of nitrogens with one attached hydrogen (secondary N) is 1. The first-order chi connectivity index (χ1) is 9.13. The van der Waals surface area contributed by atoms with Crippen molar-refractivity contribution in [1.29, 1.82) is 0 Å². The van der Waals surface area contributed by atoms with Crippen LogP contribution in [0.2, 0.25) is 0 Å². The Hall–Kier alpha value is -0.750. The fourth-order valence-electron chi connectivity index (χ4n) is 3.37. The van der Waals surface area contributed by atoms with Gasteiger partial charge in [-0.15, -0.1) is 11.8 Å². The molecule has 5 nitrogen and oxygen atoms in total. The van der Waals surface area contributed by atoms with Crippen molar-refractivity contribution in [3.8, 4) is 0 Å². The molecule has 1 aliphatic carbocycles. The molecule has 2 heterocycles. The van der Waals surface area contributed by atoms with Crippen molar-refractivity contribution in [2.24, 2.45) is 11.8 Å². The second-order valence-corrected chi connectivity index (χ2v) is 6.97. The molecule has 0 aromatic carbocycles. The molecule has 1 amide bonds. The monoisotopic (exact) mass is 285 g/mol. The number of hydrogen-bond acceptors (Lipinski definition) is 4. The number of amides is 1. The third kappa shape index (κ3) is 2.74. The Bertz CT molecular complexity index is 389. The Kier molecular flexibility index (Phi) is 3.71. The van der Waals surface area contributed by atoms with Crippen molar-refractivity contribution >= 4 is 23.6 Å². The Labute approximate surface area is 116 Å². The van der Waals surface area contributed by atoms with Crippen LogP contribution in [0.15, 0.2) is 0 Å². The molecule has 2 N–H and O–H groups in total. The number of fused-ring (bicyclic) bond motifs is 2. The topological polar surface area (TPSA) is 75.6 Å². The lowest BCUT2D eigenvalue weighted by atomic mass is 9.80. The predicted molar refractivity (Wildman–Crippen MR) is 71.0 cm³/mol. The van der Waals surface area contributed by atoms with E-state index in [1.165, 1.54) is 11.8 Å². The predicted octanol–water partition coefficient (Wildman–Crippen LogP) is 0.876. The molecule has 0 aromatic heterocycles. The van der Waals surface area contributed by atoms with Gasteiger partial charge in [0.25, 0.3) is 0 Å². The summed E-state index contributed by atoms with van der Waals surface area (Å²) in [5, 5.41) is 11.6. The van der Waals surface area contributed by atoms with Crippen LogP contribution in [0.3, 0.4) is 0 Å². The maximum Gasteiger partial charge on any atom is 0.316 e. The average Bonchev–Trinajstić information content (AvgIpc) is 2.97. The number of carboxylic acids is 1. The number of thioether (sulfide) groups is 1. The lowest BCUT2D eigenvalue weighted by molar-refractivity contribution is -0.136. The average molecular weight is 285 g/mol. The zero-order valence-electron chi connectivity index (χ0n) is 10.7. The van der Waals surface area contributed by atoms with Gasteiger partial charge in [-0.2, -0.15) is 0 Å². The molecule has 2 bridgehead atoms. The maximum absolute atomic E-state index is 12.3. The van der Waals surface area contributed by atoms with Gasteiger partial charge in [0.05, 0.1) is 12.7 Å². The fraction of sp³-hybridized carbons (Fsp3) is 0.846. The maximum atomic E-state index is 12.3. The lowest BCUT2D eigenvalue weighted by Gasteiger charge is -2.27. The van der Waals surface area contributed by atoms with Gasteiger partial charge in [0, 0.05) is 17.7 Å². The third-order valence-electron chi connectivity index (χ3n) is 4.44. The van der Waals surface area contributed by atoms with Gasteiger partial charge in [-0.25, -0.2) is 0 Å². The Morgan fingerprint density at radius 2 is 2.11 bits per heavy atom. The van der Waals surface area contributed by atoms with Gasteiger partial charge in [0.15, 0.2) is 0 Å². The van der Waals surface area contributed by atoms with Crippen molar-refractivity contribution in [3.63, 3.8) is 0 Å². The van der Waals surface area contributed by atoms with Crippen molar-refractivity contribution in [2.75, 3.05) is 12.4 Å². The number of aliphatic carboxylic acids is 1. The van der Waals surface area contributed by atoms with E-state index in [0.717, 1.165) is 19.3 Å². The van der Waals surface area contributed by atoms with Crippen LogP contribution in [-0.4, -0.2) is 46.7 Å².